The number of nitrogens with zero attached hydrogens (tertiary/aromatic N) is 2. The van der Waals surface area contributed by atoms with E-state index in [0.717, 1.165) is 59.5 Å². The number of nitrogens with one attached hydrogen (secondary N) is 1. The molecule has 1 amide bonds. The van der Waals surface area contributed by atoms with Crippen LogP contribution in [0.5, 0.6) is 5.75 Å². The highest BCUT2D eigenvalue weighted by Crippen LogP contribution is 2.47. The molecule has 0 aromatic heterocycles. The molecule has 3 aromatic carbocycles. The molecule has 5 rings (SSSR count). The molecule has 13 heteroatoms. The van der Waals surface area contributed by atoms with Crippen LogP contribution in [-0.4, -0.2) is 91.6 Å². The Kier molecular flexibility index (Phi) is 11.3. The van der Waals surface area contributed by atoms with E-state index in [0.29, 0.717) is 16.7 Å². The van der Waals surface area contributed by atoms with Crippen LogP contribution < -0.4 is 10.1 Å². The minimum Gasteiger partial charge on any atom is -0.496 e. The summed E-state index contributed by atoms with van der Waals surface area (Å²) in [5.41, 5.74) is 0.541. The number of hydrogen-bond donors (Lipinski definition) is 2. The number of aliphatic carboxylic acids is 1. The largest absolute Gasteiger partial charge is 0.496 e. The zero-order valence-corrected chi connectivity index (χ0v) is 29.1. The smallest absolute Gasteiger partial charge is 0.403 e. The van der Waals surface area contributed by atoms with E-state index >= 15 is 0 Å². The van der Waals surface area contributed by atoms with Crippen molar-refractivity contribution in [3.8, 4) is 16.9 Å². The van der Waals surface area contributed by atoms with Crippen LogP contribution >= 0.6 is 0 Å². The fourth-order valence-corrected chi connectivity index (χ4v) is 7.75. The Balaban J connectivity index is 1.42. The summed E-state index contributed by atoms with van der Waals surface area (Å²) in [6.45, 7) is 4.84. The van der Waals surface area contributed by atoms with Gasteiger partial charge < -0.3 is 20.1 Å². The van der Waals surface area contributed by atoms with Crippen molar-refractivity contribution in [3.63, 3.8) is 0 Å². The maximum absolute atomic E-state index is 14.4. The topological polar surface area (TPSA) is 82.1 Å². The number of halogens is 6. The number of amides is 1. The van der Waals surface area contributed by atoms with Gasteiger partial charge in [-0.2, -0.15) is 26.3 Å². The van der Waals surface area contributed by atoms with E-state index in [4.69, 9.17) is 4.74 Å². The third kappa shape index (κ3) is 8.80. The molecule has 0 saturated carbocycles. The van der Waals surface area contributed by atoms with Gasteiger partial charge in [-0.25, -0.2) is 4.79 Å². The third-order valence-electron chi connectivity index (χ3n) is 10.4. The first-order valence-corrected chi connectivity index (χ1v) is 17.2. The maximum Gasteiger partial charge on any atom is 0.403 e. The molecule has 0 spiro atoms. The van der Waals surface area contributed by atoms with Crippen LogP contribution in [0.1, 0.15) is 50.7 Å². The lowest BCUT2D eigenvalue weighted by molar-refractivity contribution is -0.236. The molecule has 2 aliphatic rings. The third-order valence-corrected chi connectivity index (χ3v) is 10.4. The van der Waals surface area contributed by atoms with Crippen molar-refractivity contribution < 1.29 is 45.8 Å². The van der Waals surface area contributed by atoms with Crippen LogP contribution in [0.4, 0.5) is 26.3 Å². The molecule has 0 aliphatic carbocycles. The minimum atomic E-state index is -5.10. The summed E-state index contributed by atoms with van der Waals surface area (Å²) in [5.74, 6) is -2.42. The Hall–Kier alpha value is -3.84. The average Bonchev–Trinajstić information content (AvgIpc) is 3.05. The van der Waals surface area contributed by atoms with Gasteiger partial charge in [0.05, 0.1) is 13.7 Å². The standard InChI is InChI=1S/C38H45F6N3O4/c1-35(2)15-7-18-46(23-35)19-14-25-8-5-13-31(51-3)32(25)29-12-6-10-27-26(9-4-11-28(27)29)22-30(33(48)49)45-34(50)36(38(42,43)44)16-20-47(21-17-36)24-37(39,40)41/h4-6,8-13,30H,7,14-24H2,1-3H3,(H,45,50)(H,48,49)/t30-/m0/s1. The highest BCUT2D eigenvalue weighted by atomic mass is 19.4. The first kappa shape index (κ1) is 38.4. The van der Waals surface area contributed by atoms with Crippen molar-refractivity contribution in [1.29, 1.82) is 0 Å². The number of methoxy groups -OCH3 is 1. The number of ether oxygens (including phenoxy) is 1. The number of piperidine rings is 2. The van der Waals surface area contributed by atoms with Crippen molar-refractivity contribution in [2.24, 2.45) is 10.8 Å². The van der Waals surface area contributed by atoms with E-state index in [2.05, 4.69) is 30.1 Å². The SMILES string of the molecule is COc1cccc(CCN2CCCC(C)(C)C2)c1-c1cccc2c(C[C@H](NC(=O)C3(C(F)(F)F)CCN(CC(F)(F)F)CC3)C(=O)O)cccc12. The van der Waals surface area contributed by atoms with Gasteiger partial charge in [-0.1, -0.05) is 62.4 Å². The Labute approximate surface area is 293 Å². The lowest BCUT2D eigenvalue weighted by atomic mass is 9.76. The second-order valence-electron chi connectivity index (χ2n) is 14.6. The summed E-state index contributed by atoms with van der Waals surface area (Å²) in [4.78, 5) is 29.1. The molecule has 7 nitrogen and oxygen atoms in total. The van der Waals surface area contributed by atoms with Crippen LogP contribution in [0.15, 0.2) is 54.6 Å². The van der Waals surface area contributed by atoms with E-state index < -0.39 is 68.2 Å². The summed E-state index contributed by atoms with van der Waals surface area (Å²) in [5, 5.41) is 13.7. The van der Waals surface area contributed by atoms with Gasteiger partial charge in [0.15, 0.2) is 0 Å². The van der Waals surface area contributed by atoms with E-state index in [1.807, 2.05) is 30.3 Å². The van der Waals surface area contributed by atoms with Gasteiger partial charge in [-0.15, -0.1) is 0 Å². The number of alkyl halides is 6. The highest BCUT2D eigenvalue weighted by molar-refractivity contribution is 6.00. The molecule has 278 valence electrons. The van der Waals surface area contributed by atoms with E-state index in [1.54, 1.807) is 25.3 Å². The van der Waals surface area contributed by atoms with Crippen LogP contribution in [0.2, 0.25) is 0 Å². The number of carbonyl (C=O) groups is 2. The fourth-order valence-electron chi connectivity index (χ4n) is 7.75. The van der Waals surface area contributed by atoms with Crippen LogP contribution in [-0.2, 0) is 22.4 Å². The van der Waals surface area contributed by atoms with E-state index in [1.165, 1.54) is 6.42 Å². The summed E-state index contributed by atoms with van der Waals surface area (Å²) < 4.78 is 87.8. The molecular weight excluding hydrogens is 676 g/mol. The molecule has 2 aliphatic heterocycles. The normalized spacial score (nSPS) is 19.1. The lowest BCUT2D eigenvalue weighted by Gasteiger charge is -2.42. The molecule has 51 heavy (non-hydrogen) atoms. The van der Waals surface area contributed by atoms with Gasteiger partial charge in [0.25, 0.3) is 0 Å². The van der Waals surface area contributed by atoms with Crippen molar-refractivity contribution in [1.82, 2.24) is 15.1 Å². The number of hydrogen-bond acceptors (Lipinski definition) is 5. The number of carboxylic acid groups (broad SMARTS) is 1. The van der Waals surface area contributed by atoms with Gasteiger partial charge >= 0.3 is 18.3 Å². The molecule has 2 heterocycles. The van der Waals surface area contributed by atoms with Gasteiger partial charge in [-0.3, -0.25) is 9.69 Å². The van der Waals surface area contributed by atoms with Crippen molar-refractivity contribution >= 4 is 22.6 Å². The molecule has 2 saturated heterocycles. The maximum atomic E-state index is 14.4. The second-order valence-corrected chi connectivity index (χ2v) is 14.6. The number of rotatable bonds is 11. The van der Waals surface area contributed by atoms with Crippen molar-refractivity contribution in [2.75, 3.05) is 46.4 Å². The lowest BCUT2D eigenvalue weighted by Crippen LogP contribution is -2.59. The number of carboxylic acids is 1. The quantitative estimate of drug-likeness (QED) is 0.200. The summed E-state index contributed by atoms with van der Waals surface area (Å²) >= 11 is 0. The highest BCUT2D eigenvalue weighted by Gasteiger charge is 2.61. The summed E-state index contributed by atoms with van der Waals surface area (Å²) in [6.07, 6.45) is -8.77. The summed E-state index contributed by atoms with van der Waals surface area (Å²) in [6, 6.07) is 15.0. The molecule has 1 atom stereocenters. The Bertz CT molecular complexity index is 1720. The van der Waals surface area contributed by atoms with Gasteiger partial charge in [0, 0.05) is 25.1 Å². The molecule has 0 unspecified atom stereocenters. The van der Waals surface area contributed by atoms with Gasteiger partial charge in [0.1, 0.15) is 17.2 Å². The van der Waals surface area contributed by atoms with Crippen LogP contribution in [0.3, 0.4) is 0 Å². The number of carbonyl (C=O) groups excluding carboxylic acids is 1. The number of likely N-dealkylation sites (tertiary alicyclic amines) is 2. The first-order chi connectivity index (χ1) is 23.9. The predicted molar refractivity (Wildman–Crippen MR) is 183 cm³/mol. The minimum absolute atomic E-state index is 0.246. The monoisotopic (exact) mass is 721 g/mol. The van der Waals surface area contributed by atoms with Crippen molar-refractivity contribution in [2.45, 2.75) is 70.8 Å². The van der Waals surface area contributed by atoms with Crippen molar-refractivity contribution in [3.05, 3.63) is 65.7 Å². The Morgan fingerprint density at radius 3 is 2.16 bits per heavy atom. The first-order valence-electron chi connectivity index (χ1n) is 17.2. The molecule has 0 radical (unpaired) electrons. The Morgan fingerprint density at radius 2 is 1.53 bits per heavy atom. The Morgan fingerprint density at radius 1 is 0.882 bits per heavy atom. The van der Waals surface area contributed by atoms with Crippen LogP contribution in [0, 0.1) is 10.8 Å². The second kappa shape index (κ2) is 15.0. The number of benzene rings is 3. The van der Waals surface area contributed by atoms with E-state index in [-0.39, 0.29) is 11.8 Å². The van der Waals surface area contributed by atoms with Gasteiger partial charge in [-0.05, 0) is 90.7 Å². The van der Waals surface area contributed by atoms with Crippen LogP contribution in [0.25, 0.3) is 21.9 Å². The molecule has 2 fully saturated rings. The predicted octanol–water partition coefficient (Wildman–Crippen LogP) is 7.50. The zero-order valence-electron chi connectivity index (χ0n) is 29.1. The summed E-state index contributed by atoms with van der Waals surface area (Å²) in [7, 11) is 1.60. The molecular formula is C38H45F6N3O4. The molecule has 0 bridgehead atoms. The van der Waals surface area contributed by atoms with E-state index in [9.17, 15) is 41.0 Å². The number of fused-ring (bicyclic) bond motifs is 1. The zero-order chi connectivity index (χ0) is 37.2. The molecule has 3 aromatic rings. The average molecular weight is 722 g/mol. The fraction of sp³-hybridized carbons (Fsp3) is 0.526. The molecule has 2 N–H and O–H groups in total. The van der Waals surface area contributed by atoms with Gasteiger partial charge in [0.2, 0.25) is 5.91 Å².